The lowest BCUT2D eigenvalue weighted by molar-refractivity contribution is 0.0850. The molecule has 0 aliphatic rings. The summed E-state index contributed by atoms with van der Waals surface area (Å²) in [5.41, 5.74) is 7.55. The van der Waals surface area contributed by atoms with Crippen LogP contribution in [0.1, 0.15) is 42.6 Å². The van der Waals surface area contributed by atoms with Gasteiger partial charge in [-0.1, -0.05) is 19.9 Å². The molecule has 1 rings (SSSR count). The number of aryl methyl sites for hydroxylation is 1. The Morgan fingerprint density at radius 2 is 2.00 bits per heavy atom. The predicted molar refractivity (Wildman–Crippen MR) is 78.0 cm³/mol. The van der Waals surface area contributed by atoms with Crippen molar-refractivity contribution in [2.24, 2.45) is 5.41 Å². The van der Waals surface area contributed by atoms with E-state index in [0.717, 1.165) is 18.4 Å². The molecule has 4 nitrogen and oxygen atoms in total. The van der Waals surface area contributed by atoms with Crippen molar-refractivity contribution < 1.29 is 9.90 Å². The number of carbonyl (C=O) groups excluding carboxylic acids is 1. The number of hydrogen-bond donors (Lipinski definition) is 3. The molecular weight excluding hydrogens is 240 g/mol. The third-order valence-corrected chi connectivity index (χ3v) is 3.97. The first-order chi connectivity index (χ1) is 8.98. The van der Waals surface area contributed by atoms with Gasteiger partial charge in [0, 0.05) is 23.2 Å². The first-order valence-corrected chi connectivity index (χ1v) is 6.73. The molecule has 0 unspecified atom stereocenters. The SMILES string of the molecule is CCC(CC)(CO)CNC(=O)c1cc(N)ccc1C. The van der Waals surface area contributed by atoms with Gasteiger partial charge in [-0.15, -0.1) is 0 Å². The number of amides is 1. The Bertz CT molecular complexity index is 432. The fourth-order valence-corrected chi connectivity index (χ4v) is 2.03. The van der Waals surface area contributed by atoms with Gasteiger partial charge in [-0.2, -0.15) is 0 Å². The number of anilines is 1. The van der Waals surface area contributed by atoms with E-state index in [1.54, 1.807) is 12.1 Å². The molecular formula is C15H24N2O2. The molecule has 0 spiro atoms. The zero-order valence-corrected chi connectivity index (χ0v) is 12.0. The summed E-state index contributed by atoms with van der Waals surface area (Å²) in [6.07, 6.45) is 1.66. The quantitative estimate of drug-likeness (QED) is 0.689. The van der Waals surface area contributed by atoms with Crippen LogP contribution in [-0.2, 0) is 0 Å². The van der Waals surface area contributed by atoms with Crippen molar-refractivity contribution in [2.45, 2.75) is 33.6 Å². The third kappa shape index (κ3) is 3.70. The minimum absolute atomic E-state index is 0.0796. The highest BCUT2D eigenvalue weighted by atomic mass is 16.3. The molecule has 0 atom stereocenters. The molecule has 1 aromatic rings. The maximum Gasteiger partial charge on any atom is 0.251 e. The van der Waals surface area contributed by atoms with E-state index in [-0.39, 0.29) is 17.9 Å². The van der Waals surface area contributed by atoms with Gasteiger partial charge in [0.25, 0.3) is 5.91 Å². The minimum Gasteiger partial charge on any atom is -0.399 e. The Kier molecular flexibility index (Phi) is 5.36. The standard InChI is InChI=1S/C15H24N2O2/c1-4-15(5-2,10-18)9-17-14(19)13-8-12(16)7-6-11(13)3/h6-8,18H,4-5,9-10,16H2,1-3H3,(H,17,19). The molecule has 1 aromatic carbocycles. The lowest BCUT2D eigenvalue weighted by Gasteiger charge is -2.29. The number of nitrogens with one attached hydrogen (secondary N) is 1. The Balaban J connectivity index is 2.77. The van der Waals surface area contributed by atoms with Crippen molar-refractivity contribution in [2.75, 3.05) is 18.9 Å². The summed E-state index contributed by atoms with van der Waals surface area (Å²) in [5.74, 6) is -0.135. The molecule has 0 radical (unpaired) electrons. The number of carbonyl (C=O) groups is 1. The summed E-state index contributed by atoms with van der Waals surface area (Å²) in [4.78, 5) is 12.2. The molecule has 4 N–H and O–H groups in total. The van der Waals surface area contributed by atoms with Gasteiger partial charge in [-0.25, -0.2) is 0 Å². The molecule has 0 aliphatic carbocycles. The Morgan fingerprint density at radius 3 is 2.53 bits per heavy atom. The molecule has 0 saturated heterocycles. The largest absolute Gasteiger partial charge is 0.399 e. The van der Waals surface area contributed by atoms with Crippen LogP contribution in [0.3, 0.4) is 0 Å². The first-order valence-electron chi connectivity index (χ1n) is 6.73. The van der Waals surface area contributed by atoms with Crippen molar-refractivity contribution in [1.82, 2.24) is 5.32 Å². The van der Waals surface area contributed by atoms with Crippen molar-refractivity contribution in [3.8, 4) is 0 Å². The van der Waals surface area contributed by atoms with Crippen LogP contribution in [-0.4, -0.2) is 24.2 Å². The van der Waals surface area contributed by atoms with Crippen LogP contribution in [0.5, 0.6) is 0 Å². The van der Waals surface area contributed by atoms with Gasteiger partial charge >= 0.3 is 0 Å². The monoisotopic (exact) mass is 264 g/mol. The zero-order valence-electron chi connectivity index (χ0n) is 12.0. The summed E-state index contributed by atoms with van der Waals surface area (Å²) in [7, 11) is 0. The Morgan fingerprint density at radius 1 is 1.37 bits per heavy atom. The molecule has 4 heteroatoms. The van der Waals surface area contributed by atoms with Gasteiger partial charge in [0.15, 0.2) is 0 Å². The first kappa shape index (κ1) is 15.5. The average molecular weight is 264 g/mol. The molecule has 0 fully saturated rings. The van der Waals surface area contributed by atoms with Crippen LogP contribution < -0.4 is 11.1 Å². The number of nitrogens with two attached hydrogens (primary N) is 1. The second-order valence-electron chi connectivity index (χ2n) is 5.12. The summed E-state index contributed by atoms with van der Waals surface area (Å²) in [6, 6.07) is 5.30. The topological polar surface area (TPSA) is 75.3 Å². The van der Waals surface area contributed by atoms with Crippen LogP contribution >= 0.6 is 0 Å². The highest BCUT2D eigenvalue weighted by molar-refractivity contribution is 5.96. The number of rotatable bonds is 6. The summed E-state index contributed by atoms with van der Waals surface area (Å²) >= 11 is 0. The number of aliphatic hydroxyl groups is 1. The van der Waals surface area contributed by atoms with E-state index in [1.165, 1.54) is 0 Å². The van der Waals surface area contributed by atoms with Gasteiger partial charge < -0.3 is 16.2 Å². The Hall–Kier alpha value is -1.55. The van der Waals surface area contributed by atoms with Crippen molar-refractivity contribution in [3.63, 3.8) is 0 Å². The van der Waals surface area contributed by atoms with Gasteiger partial charge in [-0.3, -0.25) is 4.79 Å². The van der Waals surface area contributed by atoms with Gasteiger partial charge in [-0.05, 0) is 37.5 Å². The average Bonchev–Trinajstić information content (AvgIpc) is 2.43. The van der Waals surface area contributed by atoms with Crippen LogP contribution in [0.4, 0.5) is 5.69 Å². The van der Waals surface area contributed by atoms with E-state index < -0.39 is 0 Å². The molecule has 0 saturated carbocycles. The number of benzene rings is 1. The number of hydrogen-bond acceptors (Lipinski definition) is 3. The molecule has 1 amide bonds. The van der Waals surface area contributed by atoms with E-state index in [1.807, 2.05) is 26.8 Å². The fraction of sp³-hybridized carbons (Fsp3) is 0.533. The second kappa shape index (κ2) is 6.57. The van der Waals surface area contributed by atoms with E-state index >= 15 is 0 Å². The maximum atomic E-state index is 12.2. The number of aliphatic hydroxyl groups excluding tert-OH is 1. The Labute approximate surface area is 115 Å². The highest BCUT2D eigenvalue weighted by Crippen LogP contribution is 2.24. The van der Waals surface area contributed by atoms with Crippen molar-refractivity contribution in [1.29, 1.82) is 0 Å². The maximum absolute atomic E-state index is 12.2. The molecule has 0 heterocycles. The van der Waals surface area contributed by atoms with Crippen LogP contribution in [0, 0.1) is 12.3 Å². The summed E-state index contributed by atoms with van der Waals surface area (Å²) in [6.45, 7) is 6.49. The van der Waals surface area contributed by atoms with Crippen molar-refractivity contribution in [3.05, 3.63) is 29.3 Å². The summed E-state index contributed by atoms with van der Waals surface area (Å²) in [5, 5.41) is 12.4. The van der Waals surface area contributed by atoms with E-state index in [0.29, 0.717) is 17.8 Å². The molecule has 106 valence electrons. The van der Waals surface area contributed by atoms with Crippen molar-refractivity contribution >= 4 is 11.6 Å². The van der Waals surface area contributed by atoms with E-state index in [4.69, 9.17) is 5.73 Å². The molecule has 0 bridgehead atoms. The van der Waals surface area contributed by atoms with E-state index in [9.17, 15) is 9.90 Å². The molecule has 0 aromatic heterocycles. The van der Waals surface area contributed by atoms with Gasteiger partial charge in [0.1, 0.15) is 0 Å². The predicted octanol–water partition coefficient (Wildman–Crippen LogP) is 2.11. The van der Waals surface area contributed by atoms with Crippen LogP contribution in [0.25, 0.3) is 0 Å². The van der Waals surface area contributed by atoms with E-state index in [2.05, 4.69) is 5.32 Å². The second-order valence-corrected chi connectivity index (χ2v) is 5.12. The lowest BCUT2D eigenvalue weighted by Crippen LogP contribution is -2.39. The summed E-state index contributed by atoms with van der Waals surface area (Å²) < 4.78 is 0. The molecule has 19 heavy (non-hydrogen) atoms. The lowest BCUT2D eigenvalue weighted by atomic mass is 9.83. The zero-order chi connectivity index (χ0) is 14.5. The third-order valence-electron chi connectivity index (χ3n) is 3.97. The highest BCUT2D eigenvalue weighted by Gasteiger charge is 2.26. The smallest absolute Gasteiger partial charge is 0.251 e. The normalized spacial score (nSPS) is 11.4. The van der Waals surface area contributed by atoms with Gasteiger partial charge in [0.05, 0.1) is 6.61 Å². The van der Waals surface area contributed by atoms with Crippen LogP contribution in [0.15, 0.2) is 18.2 Å². The number of nitrogen functional groups attached to an aromatic ring is 1. The minimum atomic E-state index is -0.232. The molecule has 0 aliphatic heterocycles. The fourth-order valence-electron chi connectivity index (χ4n) is 2.03. The van der Waals surface area contributed by atoms with Crippen LogP contribution in [0.2, 0.25) is 0 Å². The van der Waals surface area contributed by atoms with Gasteiger partial charge in [0.2, 0.25) is 0 Å².